The van der Waals surface area contributed by atoms with Gasteiger partial charge in [0.2, 0.25) is 29.5 Å². The lowest BCUT2D eigenvalue weighted by molar-refractivity contribution is -0.143. The van der Waals surface area contributed by atoms with Crippen molar-refractivity contribution < 1.29 is 33.9 Å². The van der Waals surface area contributed by atoms with Gasteiger partial charge in [-0.3, -0.25) is 29.0 Å². The third-order valence-electron chi connectivity index (χ3n) is 5.17. The SMILES string of the molecule is NC(N)=NCCC[C@@H]1NC(=O)CNC(=O)C[C@@H](C(=O)O)NC(=O)CNC(=O)[C@@H](c2ccccc2)NC1=O. The lowest BCUT2D eigenvalue weighted by Crippen LogP contribution is -2.54. The van der Waals surface area contributed by atoms with Crippen molar-refractivity contribution in [1.82, 2.24) is 26.6 Å². The fourth-order valence-corrected chi connectivity index (χ4v) is 3.36. The largest absolute Gasteiger partial charge is 0.480 e. The number of amides is 5. The van der Waals surface area contributed by atoms with E-state index in [2.05, 4.69) is 31.6 Å². The average molecular weight is 519 g/mol. The molecule has 1 aliphatic heterocycles. The van der Waals surface area contributed by atoms with E-state index >= 15 is 0 Å². The van der Waals surface area contributed by atoms with Crippen LogP contribution in [-0.2, 0) is 28.8 Å². The Bertz CT molecular complexity index is 1040. The van der Waals surface area contributed by atoms with Crippen molar-refractivity contribution in [3.8, 4) is 0 Å². The number of carbonyl (C=O) groups excluding carboxylic acids is 5. The van der Waals surface area contributed by atoms with Gasteiger partial charge in [-0.25, -0.2) is 4.79 Å². The lowest BCUT2D eigenvalue weighted by Gasteiger charge is -2.24. The first-order valence-electron chi connectivity index (χ1n) is 11.3. The molecule has 0 saturated carbocycles. The maximum Gasteiger partial charge on any atom is 0.326 e. The molecule has 5 amide bonds. The molecule has 0 unspecified atom stereocenters. The molecule has 15 nitrogen and oxygen atoms in total. The van der Waals surface area contributed by atoms with Crippen LogP contribution in [0.5, 0.6) is 0 Å². The van der Waals surface area contributed by atoms with Gasteiger partial charge in [-0.05, 0) is 18.4 Å². The molecule has 1 aromatic carbocycles. The molecule has 200 valence electrons. The quantitative estimate of drug-likeness (QED) is 0.106. The molecular formula is C22H30N8O7. The molecule has 1 fully saturated rings. The molecule has 1 aliphatic rings. The number of nitrogens with zero attached hydrogens (tertiary/aromatic N) is 1. The third-order valence-corrected chi connectivity index (χ3v) is 5.17. The fourth-order valence-electron chi connectivity index (χ4n) is 3.36. The first-order valence-corrected chi connectivity index (χ1v) is 11.3. The molecule has 10 N–H and O–H groups in total. The second-order valence-corrected chi connectivity index (χ2v) is 8.08. The van der Waals surface area contributed by atoms with Crippen LogP contribution in [0.2, 0.25) is 0 Å². The maximum atomic E-state index is 13.1. The highest BCUT2D eigenvalue weighted by Crippen LogP contribution is 2.14. The van der Waals surface area contributed by atoms with Gasteiger partial charge in [0.05, 0.1) is 19.5 Å². The second-order valence-electron chi connectivity index (χ2n) is 8.08. The normalized spacial score (nSPS) is 21.9. The summed E-state index contributed by atoms with van der Waals surface area (Å²) in [4.78, 5) is 78.2. The van der Waals surface area contributed by atoms with E-state index in [4.69, 9.17) is 11.5 Å². The molecule has 1 aromatic rings. The summed E-state index contributed by atoms with van der Waals surface area (Å²) in [6.07, 6.45) is -0.266. The first kappa shape index (κ1) is 28.5. The van der Waals surface area contributed by atoms with Gasteiger partial charge in [0.1, 0.15) is 18.1 Å². The van der Waals surface area contributed by atoms with Gasteiger partial charge in [0.25, 0.3) is 0 Å². The Morgan fingerprint density at radius 3 is 2.19 bits per heavy atom. The fraction of sp³-hybridized carbons (Fsp3) is 0.409. The number of benzene rings is 1. The number of carboxylic acid groups (broad SMARTS) is 1. The van der Waals surface area contributed by atoms with Gasteiger partial charge >= 0.3 is 5.97 Å². The molecule has 3 atom stereocenters. The molecule has 37 heavy (non-hydrogen) atoms. The minimum Gasteiger partial charge on any atom is -0.480 e. The Hall–Kier alpha value is -4.69. The zero-order valence-corrected chi connectivity index (χ0v) is 19.9. The van der Waals surface area contributed by atoms with E-state index in [0.717, 1.165) is 0 Å². The predicted octanol–water partition coefficient (Wildman–Crippen LogP) is -3.41. The summed E-state index contributed by atoms with van der Waals surface area (Å²) in [7, 11) is 0. The second kappa shape index (κ2) is 14.0. The number of nitrogens with one attached hydrogen (secondary N) is 5. The summed E-state index contributed by atoms with van der Waals surface area (Å²) in [6.45, 7) is -0.992. The summed E-state index contributed by atoms with van der Waals surface area (Å²) in [6, 6.07) is 4.23. The zero-order valence-electron chi connectivity index (χ0n) is 19.9. The van der Waals surface area contributed by atoms with Crippen molar-refractivity contribution in [2.75, 3.05) is 19.6 Å². The van der Waals surface area contributed by atoms with Crippen LogP contribution in [-0.4, -0.2) is 78.3 Å². The van der Waals surface area contributed by atoms with Crippen LogP contribution in [0.25, 0.3) is 0 Å². The lowest BCUT2D eigenvalue weighted by atomic mass is 10.0. The van der Waals surface area contributed by atoms with Crippen LogP contribution in [0.3, 0.4) is 0 Å². The minimum atomic E-state index is -1.59. The van der Waals surface area contributed by atoms with E-state index in [-0.39, 0.29) is 18.9 Å². The molecule has 2 rings (SSSR count). The van der Waals surface area contributed by atoms with Crippen LogP contribution < -0.4 is 38.1 Å². The smallest absolute Gasteiger partial charge is 0.326 e. The van der Waals surface area contributed by atoms with Crippen LogP contribution in [0.15, 0.2) is 35.3 Å². The molecule has 0 aliphatic carbocycles. The number of aliphatic imine (C=N–C) groups is 1. The van der Waals surface area contributed by atoms with Crippen LogP contribution in [0.1, 0.15) is 30.9 Å². The van der Waals surface area contributed by atoms with Gasteiger partial charge in [0, 0.05) is 6.54 Å². The molecule has 1 heterocycles. The van der Waals surface area contributed by atoms with E-state index in [9.17, 15) is 33.9 Å². The number of aliphatic carboxylic acids is 1. The van der Waals surface area contributed by atoms with Gasteiger partial charge in [-0.1, -0.05) is 30.3 Å². The summed E-state index contributed by atoms with van der Waals surface area (Å²) in [5, 5.41) is 21.1. The highest BCUT2D eigenvalue weighted by molar-refractivity contribution is 5.96. The van der Waals surface area contributed by atoms with Gasteiger partial charge in [0.15, 0.2) is 5.96 Å². The summed E-state index contributed by atoms with van der Waals surface area (Å²) in [5.74, 6) is -5.49. The topological polar surface area (TPSA) is 247 Å². The highest BCUT2D eigenvalue weighted by Gasteiger charge is 2.29. The molecule has 15 heteroatoms. The van der Waals surface area contributed by atoms with Crippen LogP contribution >= 0.6 is 0 Å². The van der Waals surface area contributed by atoms with Crippen LogP contribution in [0.4, 0.5) is 0 Å². The number of carboxylic acids is 1. The van der Waals surface area contributed by atoms with Crippen molar-refractivity contribution in [2.45, 2.75) is 37.4 Å². The first-order chi connectivity index (χ1) is 17.6. The van der Waals surface area contributed by atoms with E-state index in [1.165, 1.54) is 0 Å². The third kappa shape index (κ3) is 9.83. The Balaban J connectivity index is 2.32. The van der Waals surface area contributed by atoms with Crippen LogP contribution in [0, 0.1) is 0 Å². The summed E-state index contributed by atoms with van der Waals surface area (Å²) in [5.41, 5.74) is 11.0. The Morgan fingerprint density at radius 1 is 0.892 bits per heavy atom. The number of rotatable bonds is 6. The number of hydrogen-bond donors (Lipinski definition) is 8. The summed E-state index contributed by atoms with van der Waals surface area (Å²) >= 11 is 0. The van der Waals surface area contributed by atoms with Crippen molar-refractivity contribution in [1.29, 1.82) is 0 Å². The predicted molar refractivity (Wildman–Crippen MR) is 129 cm³/mol. The number of nitrogens with two attached hydrogens (primary N) is 2. The number of hydrogen-bond acceptors (Lipinski definition) is 7. The maximum absolute atomic E-state index is 13.1. The molecule has 1 saturated heterocycles. The van der Waals surface area contributed by atoms with Crippen molar-refractivity contribution in [3.05, 3.63) is 35.9 Å². The van der Waals surface area contributed by atoms with Gasteiger partial charge < -0.3 is 43.2 Å². The molecule has 0 aromatic heterocycles. The molecule has 0 radical (unpaired) electrons. The Kier molecular flexibility index (Phi) is 10.8. The molecule has 0 bridgehead atoms. The number of carbonyl (C=O) groups is 6. The van der Waals surface area contributed by atoms with Crippen molar-refractivity contribution in [3.63, 3.8) is 0 Å². The minimum absolute atomic E-state index is 0.0922. The van der Waals surface area contributed by atoms with E-state index in [1.54, 1.807) is 30.3 Å². The average Bonchev–Trinajstić information content (AvgIpc) is 2.85. The standard InChI is InChI=1S/C22H30N8O7/c23-22(24)25-8-4-7-13-19(34)30-18(12-5-2-1-3-6-12)20(35)27-11-17(33)29-14(21(36)37)9-15(31)26-10-16(32)28-13/h1-3,5-6,13-14,18H,4,7-11H2,(H,26,31)(H,27,35)(H,28,32)(H,29,33)(H,30,34)(H,36,37)(H4,23,24,25)/t13-,14-,18+/m0/s1. The summed E-state index contributed by atoms with van der Waals surface area (Å²) < 4.78 is 0. The Labute approximate surface area is 211 Å². The molecule has 0 spiro atoms. The number of guanidine groups is 1. The monoisotopic (exact) mass is 518 g/mol. The zero-order chi connectivity index (χ0) is 27.4. The highest BCUT2D eigenvalue weighted by atomic mass is 16.4. The van der Waals surface area contributed by atoms with Gasteiger partial charge in [-0.15, -0.1) is 0 Å². The molecular weight excluding hydrogens is 488 g/mol. The van der Waals surface area contributed by atoms with Crippen molar-refractivity contribution >= 4 is 41.5 Å². The Morgan fingerprint density at radius 2 is 1.54 bits per heavy atom. The van der Waals surface area contributed by atoms with E-state index in [1.807, 2.05) is 0 Å². The van der Waals surface area contributed by atoms with E-state index in [0.29, 0.717) is 12.0 Å². The van der Waals surface area contributed by atoms with Crippen molar-refractivity contribution in [2.24, 2.45) is 16.5 Å². The van der Waals surface area contributed by atoms with E-state index < -0.39 is 73.1 Å². The van der Waals surface area contributed by atoms with Gasteiger partial charge in [-0.2, -0.15) is 0 Å².